The summed E-state index contributed by atoms with van der Waals surface area (Å²) in [6.07, 6.45) is 11.2. The lowest BCUT2D eigenvalue weighted by molar-refractivity contribution is 0.0507. The summed E-state index contributed by atoms with van der Waals surface area (Å²) < 4.78 is 18.3. The van der Waals surface area contributed by atoms with E-state index in [1.54, 1.807) is 19.3 Å². The fraction of sp³-hybridized carbons (Fsp3) is 0.472. The van der Waals surface area contributed by atoms with Crippen molar-refractivity contribution in [3.05, 3.63) is 82.5 Å². The van der Waals surface area contributed by atoms with Crippen molar-refractivity contribution in [3.63, 3.8) is 0 Å². The first kappa shape index (κ1) is 36.5. The zero-order valence-electron chi connectivity index (χ0n) is 27.8. The highest BCUT2D eigenvalue weighted by Gasteiger charge is 2.20. The van der Waals surface area contributed by atoms with Crippen LogP contribution in [0.4, 0.5) is 5.69 Å². The van der Waals surface area contributed by atoms with Crippen LogP contribution in [0, 0.1) is 11.8 Å². The third-order valence-electron chi connectivity index (χ3n) is 8.13. The Balaban J connectivity index is 1.47. The minimum absolute atomic E-state index is 0.262. The molecule has 0 bridgehead atoms. The molecule has 0 saturated heterocycles. The number of rotatable bonds is 20. The number of ether oxygens (including phenoxy) is 3. The molecule has 1 aromatic heterocycles. The summed E-state index contributed by atoms with van der Waals surface area (Å²) in [5.74, 6) is 0.990. The van der Waals surface area contributed by atoms with Crippen LogP contribution >= 0.6 is 11.6 Å². The molecule has 0 radical (unpaired) electrons. The maximum absolute atomic E-state index is 12.3. The predicted octanol–water partition coefficient (Wildman–Crippen LogP) is 7.26. The number of carbonyl (C=O) groups excluding carboxylic acids is 2. The van der Waals surface area contributed by atoms with Crippen LogP contribution in [0.1, 0.15) is 79.2 Å². The van der Waals surface area contributed by atoms with Gasteiger partial charge in [0.15, 0.2) is 0 Å². The highest BCUT2D eigenvalue weighted by atomic mass is 35.5. The van der Waals surface area contributed by atoms with Crippen LogP contribution in [0.2, 0.25) is 5.02 Å². The fourth-order valence-electron chi connectivity index (χ4n) is 5.21. The molecule has 46 heavy (non-hydrogen) atoms. The molecule has 0 aliphatic carbocycles. The van der Waals surface area contributed by atoms with Gasteiger partial charge in [0.1, 0.15) is 11.3 Å². The summed E-state index contributed by atoms with van der Waals surface area (Å²) in [5, 5.41) is 4.84. The van der Waals surface area contributed by atoms with Crippen molar-refractivity contribution in [2.24, 2.45) is 24.6 Å². The van der Waals surface area contributed by atoms with Crippen LogP contribution in [0.5, 0.6) is 11.6 Å². The summed E-state index contributed by atoms with van der Waals surface area (Å²) in [6, 6.07) is 13.4. The van der Waals surface area contributed by atoms with Gasteiger partial charge in [-0.15, -0.1) is 5.10 Å². The maximum atomic E-state index is 12.3. The highest BCUT2D eigenvalue weighted by molar-refractivity contribution is 6.30. The van der Waals surface area contributed by atoms with Gasteiger partial charge in [0.25, 0.3) is 0 Å². The first-order valence-corrected chi connectivity index (χ1v) is 16.5. The third kappa shape index (κ3) is 11.4. The highest BCUT2D eigenvalue weighted by Crippen LogP contribution is 2.32. The predicted molar refractivity (Wildman–Crippen MR) is 184 cm³/mol. The molecule has 2 N–H and O–H groups in total. The minimum atomic E-state index is -0.454. The molecule has 0 spiro atoms. The second-order valence-electron chi connectivity index (χ2n) is 11.7. The largest absolute Gasteiger partial charge is 0.491 e. The molecule has 0 aliphatic heterocycles. The van der Waals surface area contributed by atoms with Gasteiger partial charge in [0, 0.05) is 36.9 Å². The summed E-state index contributed by atoms with van der Waals surface area (Å²) in [6.45, 7) is 9.11. The molecule has 9 nitrogen and oxygen atoms in total. The molecule has 1 amide bonds. The van der Waals surface area contributed by atoms with Crippen LogP contribution in [0.15, 0.2) is 60.8 Å². The number of primary amides is 1. The zero-order valence-corrected chi connectivity index (χ0v) is 28.6. The second-order valence-corrected chi connectivity index (χ2v) is 12.1. The van der Waals surface area contributed by atoms with Gasteiger partial charge in [0.2, 0.25) is 11.8 Å². The first-order chi connectivity index (χ1) is 22.1. The Morgan fingerprint density at radius 2 is 1.85 bits per heavy atom. The zero-order chi connectivity index (χ0) is 33.5. The lowest BCUT2D eigenvalue weighted by atomic mass is 9.90. The molecule has 3 aromatic rings. The van der Waals surface area contributed by atoms with Gasteiger partial charge in [-0.3, -0.25) is 9.48 Å². The fourth-order valence-corrected chi connectivity index (χ4v) is 5.42. The first-order valence-electron chi connectivity index (χ1n) is 16.1. The standard InChI is InChI=1S/C36H49ClN4O5/c1-6-41(24-27(3)26(2)14-9-7-8-11-21-46-36(43)31-25-40(4)39-35(31)44-5)32-23-29(34(38)42)18-19-33(32)45-20-12-10-15-28-16-13-17-30(37)22-28/h7-8,13,16-19,22-23,25-27H,6,9-12,14-15,20-21,24H2,1-5H3,(H2,38,42)/b8-7-/t26-,27-/m0/s1. The number of carbonyl (C=O) groups is 2. The number of halogens is 1. The molecule has 0 fully saturated rings. The number of hydrogen-bond acceptors (Lipinski definition) is 7. The lowest BCUT2D eigenvalue weighted by Crippen LogP contribution is -2.31. The van der Waals surface area contributed by atoms with Crippen LogP contribution in [-0.4, -0.2) is 55.1 Å². The van der Waals surface area contributed by atoms with Crippen molar-refractivity contribution >= 4 is 29.2 Å². The summed E-state index contributed by atoms with van der Waals surface area (Å²) in [4.78, 5) is 26.6. The van der Waals surface area contributed by atoms with E-state index in [4.69, 9.17) is 31.5 Å². The Kier molecular flexibility index (Phi) is 15.0. The smallest absolute Gasteiger partial charge is 0.345 e. The van der Waals surface area contributed by atoms with Crippen molar-refractivity contribution in [2.45, 2.75) is 59.3 Å². The van der Waals surface area contributed by atoms with E-state index in [-0.39, 0.29) is 5.88 Å². The number of unbranched alkanes of at least 4 members (excludes halogenated alkanes) is 1. The van der Waals surface area contributed by atoms with Gasteiger partial charge < -0.3 is 24.8 Å². The molecule has 0 aliphatic rings. The maximum Gasteiger partial charge on any atom is 0.345 e. The van der Waals surface area contributed by atoms with Crippen LogP contribution in [0.25, 0.3) is 0 Å². The minimum Gasteiger partial charge on any atom is -0.491 e. The van der Waals surface area contributed by atoms with Crippen molar-refractivity contribution in [1.82, 2.24) is 9.78 Å². The summed E-state index contributed by atoms with van der Waals surface area (Å²) in [7, 11) is 3.20. The molecule has 3 rings (SSSR count). The van der Waals surface area contributed by atoms with Crippen molar-refractivity contribution in [1.29, 1.82) is 0 Å². The number of benzene rings is 2. The van der Waals surface area contributed by atoms with Gasteiger partial charge in [-0.2, -0.15) is 0 Å². The van der Waals surface area contributed by atoms with Crippen LogP contribution in [-0.2, 0) is 18.2 Å². The number of anilines is 1. The van der Waals surface area contributed by atoms with E-state index in [1.807, 2.05) is 30.3 Å². The number of nitrogens with zero attached hydrogens (tertiary/aromatic N) is 3. The van der Waals surface area contributed by atoms with Crippen molar-refractivity contribution in [2.75, 3.05) is 38.3 Å². The molecule has 1 heterocycles. The average Bonchev–Trinajstić information content (AvgIpc) is 3.43. The second kappa shape index (κ2) is 18.9. The van der Waals surface area contributed by atoms with E-state index < -0.39 is 11.9 Å². The Labute approximate surface area is 278 Å². The molecule has 2 aromatic carbocycles. The molecule has 2 atom stereocenters. The summed E-state index contributed by atoms with van der Waals surface area (Å²) in [5.41, 5.74) is 8.54. The number of allylic oxidation sites excluding steroid dienone is 1. The normalized spacial score (nSPS) is 12.6. The number of nitrogens with two attached hydrogens (primary N) is 1. The van der Waals surface area contributed by atoms with E-state index in [0.29, 0.717) is 42.6 Å². The Hall–Kier alpha value is -3.98. The number of amides is 1. The molecule has 10 heteroatoms. The molecule has 0 saturated carbocycles. The lowest BCUT2D eigenvalue weighted by Gasteiger charge is -2.31. The van der Waals surface area contributed by atoms with E-state index in [0.717, 1.165) is 61.7 Å². The number of esters is 1. The van der Waals surface area contributed by atoms with Gasteiger partial charge >= 0.3 is 5.97 Å². The van der Waals surface area contributed by atoms with E-state index >= 15 is 0 Å². The Morgan fingerprint density at radius 3 is 2.57 bits per heavy atom. The van der Waals surface area contributed by atoms with Crippen LogP contribution < -0.4 is 20.1 Å². The molecular weight excluding hydrogens is 604 g/mol. The van der Waals surface area contributed by atoms with Crippen molar-refractivity contribution in [3.8, 4) is 11.6 Å². The molecule has 250 valence electrons. The van der Waals surface area contributed by atoms with Gasteiger partial charge in [-0.1, -0.05) is 49.7 Å². The van der Waals surface area contributed by atoms with Crippen LogP contribution in [0.3, 0.4) is 0 Å². The third-order valence-corrected chi connectivity index (χ3v) is 8.37. The van der Waals surface area contributed by atoms with E-state index in [2.05, 4.69) is 49.0 Å². The van der Waals surface area contributed by atoms with Gasteiger partial charge in [-0.25, -0.2) is 4.79 Å². The van der Waals surface area contributed by atoms with E-state index in [1.165, 1.54) is 17.4 Å². The monoisotopic (exact) mass is 652 g/mol. The number of hydrogen-bond donors (Lipinski definition) is 1. The van der Waals surface area contributed by atoms with E-state index in [9.17, 15) is 9.59 Å². The quantitative estimate of drug-likeness (QED) is 0.0777. The topological polar surface area (TPSA) is 109 Å². The van der Waals surface area contributed by atoms with Gasteiger partial charge in [0.05, 0.1) is 26.0 Å². The average molecular weight is 653 g/mol. The molecular formula is C36H49ClN4O5. The number of methoxy groups -OCH3 is 1. The van der Waals surface area contributed by atoms with Gasteiger partial charge in [-0.05, 0) is 93.2 Å². The molecule has 0 unspecified atom stereocenters. The SMILES string of the molecule is CCN(C[C@H](C)[C@@H](C)CC/C=C\CCOC(=O)c1cn(C)nc1OC)c1cc(C(N)=O)ccc1OCCCCc1cccc(Cl)c1. The Morgan fingerprint density at radius 1 is 1.07 bits per heavy atom. The Bertz CT molecular complexity index is 1440. The van der Waals surface area contributed by atoms with Crippen molar-refractivity contribution < 1.29 is 23.8 Å². The number of aromatic nitrogens is 2. The summed E-state index contributed by atoms with van der Waals surface area (Å²) >= 11 is 6.11. The number of aryl methyl sites for hydroxylation is 2.